The quantitative estimate of drug-likeness (QED) is 0.352. The van der Waals surface area contributed by atoms with Gasteiger partial charge in [-0.15, -0.1) is 6.92 Å². The van der Waals surface area contributed by atoms with Crippen LogP contribution in [0, 0.1) is 5.70 Å². The van der Waals surface area contributed by atoms with Crippen molar-refractivity contribution in [2.75, 3.05) is 0 Å². The van der Waals surface area contributed by atoms with Crippen LogP contribution in [0.1, 0.15) is 6.92 Å². The first kappa shape index (κ1) is 16.0. The SMILES string of the molecule is CC(=C=[C-][Si](C)(C)C)[Si](C)(C)C.[Li+]. The average molecular weight is 204 g/mol. The normalized spacial score (nSPS) is 11.3. The fourth-order valence-corrected chi connectivity index (χ4v) is 1.59. The molecular weight excluding hydrogens is 183 g/mol. The molecule has 0 unspecified atom stereocenters. The Balaban J connectivity index is 0. The van der Waals surface area contributed by atoms with Gasteiger partial charge in [0.2, 0.25) is 0 Å². The molecule has 0 nitrogen and oxygen atoms in total. The molecule has 13 heavy (non-hydrogen) atoms. The molecule has 70 valence electrons. The van der Waals surface area contributed by atoms with E-state index in [4.69, 9.17) is 0 Å². The Labute approximate surface area is 97.7 Å². The molecule has 0 aromatic carbocycles. The van der Waals surface area contributed by atoms with Gasteiger partial charge in [0.15, 0.2) is 0 Å². The second-order valence-electron chi connectivity index (χ2n) is 5.38. The van der Waals surface area contributed by atoms with Crippen LogP contribution < -0.4 is 18.9 Å². The molecular formula is C10H21LiSi2. The Hall–Kier alpha value is 0.551. The van der Waals surface area contributed by atoms with Crippen LogP contribution >= 0.6 is 0 Å². The second-order valence-corrected chi connectivity index (χ2v) is 15.4. The van der Waals surface area contributed by atoms with Gasteiger partial charge in [0.1, 0.15) is 0 Å². The zero-order valence-corrected chi connectivity index (χ0v) is 12.5. The summed E-state index contributed by atoms with van der Waals surface area (Å²) in [5, 5.41) is 1.44. The monoisotopic (exact) mass is 204 g/mol. The third-order valence-corrected chi connectivity index (χ3v) is 5.00. The third kappa shape index (κ3) is 8.87. The largest absolute Gasteiger partial charge is 1.00 e. The van der Waals surface area contributed by atoms with Crippen molar-refractivity contribution in [3.05, 3.63) is 16.6 Å². The maximum atomic E-state index is 3.41. The summed E-state index contributed by atoms with van der Waals surface area (Å²) in [5.41, 5.74) is 6.77. The summed E-state index contributed by atoms with van der Waals surface area (Å²) in [4.78, 5) is 0. The molecule has 0 aromatic rings. The summed E-state index contributed by atoms with van der Waals surface area (Å²) in [5.74, 6) is 0. The summed E-state index contributed by atoms with van der Waals surface area (Å²) in [6.45, 7) is 16.1. The van der Waals surface area contributed by atoms with Crippen molar-refractivity contribution in [1.29, 1.82) is 0 Å². The van der Waals surface area contributed by atoms with Gasteiger partial charge in [-0.2, -0.15) is 5.20 Å². The maximum absolute atomic E-state index is 3.41. The van der Waals surface area contributed by atoms with E-state index in [1.165, 1.54) is 5.20 Å². The van der Waals surface area contributed by atoms with E-state index >= 15 is 0 Å². The fraction of sp³-hybridized carbons (Fsp3) is 0.700. The molecule has 3 heteroatoms. The van der Waals surface area contributed by atoms with Crippen molar-refractivity contribution < 1.29 is 18.9 Å². The van der Waals surface area contributed by atoms with Gasteiger partial charge in [0, 0.05) is 0 Å². The Morgan fingerprint density at radius 1 is 1.00 bits per heavy atom. The number of rotatable bonds is 2. The van der Waals surface area contributed by atoms with Crippen molar-refractivity contribution in [3.63, 3.8) is 0 Å². The molecule has 0 fully saturated rings. The number of hydrogen-bond donors (Lipinski definition) is 0. The van der Waals surface area contributed by atoms with E-state index in [1.807, 2.05) is 0 Å². The molecule has 0 N–H and O–H groups in total. The van der Waals surface area contributed by atoms with Crippen LogP contribution in [-0.4, -0.2) is 16.1 Å². The van der Waals surface area contributed by atoms with Gasteiger partial charge in [0.05, 0.1) is 0 Å². The van der Waals surface area contributed by atoms with Gasteiger partial charge < -0.3 is 5.73 Å². The fourth-order valence-electron chi connectivity index (χ4n) is 0.469. The van der Waals surface area contributed by atoms with Crippen LogP contribution in [0.25, 0.3) is 0 Å². The standard InChI is InChI=1S/C10H21Si2.Li/c1-10(12(5,6)7)8-9-11(2,3)4;/h1-7H3;/q-1;+1. The van der Waals surface area contributed by atoms with Crippen LogP contribution in [0.2, 0.25) is 39.3 Å². The van der Waals surface area contributed by atoms with Gasteiger partial charge in [-0.05, 0) is 16.1 Å². The Morgan fingerprint density at radius 2 is 1.38 bits per heavy atom. The van der Waals surface area contributed by atoms with Crippen molar-refractivity contribution in [1.82, 2.24) is 0 Å². The van der Waals surface area contributed by atoms with E-state index in [1.54, 1.807) is 0 Å². The van der Waals surface area contributed by atoms with E-state index in [0.29, 0.717) is 0 Å². The minimum atomic E-state index is -1.16. The molecule has 0 aliphatic rings. The molecule has 0 saturated heterocycles. The predicted molar refractivity (Wildman–Crippen MR) is 62.6 cm³/mol. The van der Waals surface area contributed by atoms with Crippen LogP contribution in [0.3, 0.4) is 0 Å². The molecule has 0 spiro atoms. The topological polar surface area (TPSA) is 0 Å². The molecule has 0 atom stereocenters. The van der Waals surface area contributed by atoms with Crippen molar-refractivity contribution >= 4 is 16.1 Å². The van der Waals surface area contributed by atoms with E-state index in [2.05, 4.69) is 57.6 Å². The smallest absolute Gasteiger partial charge is 0.336 e. The molecule has 0 radical (unpaired) electrons. The van der Waals surface area contributed by atoms with Crippen LogP contribution in [-0.2, 0) is 0 Å². The average Bonchev–Trinajstić information content (AvgIpc) is 1.78. The first-order valence-electron chi connectivity index (χ1n) is 4.50. The van der Waals surface area contributed by atoms with E-state index < -0.39 is 16.1 Å². The predicted octanol–water partition coefficient (Wildman–Crippen LogP) is 0.650. The Morgan fingerprint density at radius 3 is 1.62 bits per heavy atom. The Bertz CT molecular complexity index is 212. The van der Waals surface area contributed by atoms with E-state index in [-0.39, 0.29) is 18.9 Å². The summed E-state index contributed by atoms with van der Waals surface area (Å²) < 4.78 is 0. The first-order chi connectivity index (χ1) is 5.13. The van der Waals surface area contributed by atoms with Crippen molar-refractivity contribution in [2.45, 2.75) is 46.2 Å². The van der Waals surface area contributed by atoms with Gasteiger partial charge in [0.25, 0.3) is 0 Å². The van der Waals surface area contributed by atoms with Crippen LogP contribution in [0.15, 0.2) is 10.9 Å². The zero-order chi connectivity index (χ0) is 9.99. The molecule has 0 aliphatic carbocycles. The van der Waals surface area contributed by atoms with Crippen LogP contribution in [0.5, 0.6) is 0 Å². The van der Waals surface area contributed by atoms with Crippen molar-refractivity contribution in [2.24, 2.45) is 0 Å². The van der Waals surface area contributed by atoms with Gasteiger partial charge in [-0.1, -0.05) is 39.3 Å². The molecule has 0 aliphatic heterocycles. The molecule has 0 aromatic heterocycles. The van der Waals surface area contributed by atoms with Crippen LogP contribution in [0.4, 0.5) is 0 Å². The second kappa shape index (κ2) is 5.44. The van der Waals surface area contributed by atoms with E-state index in [0.717, 1.165) is 0 Å². The number of allylic oxidation sites excluding steroid dienone is 1. The Kier molecular flexibility index (Phi) is 6.69. The number of hydrogen-bond acceptors (Lipinski definition) is 0. The first-order valence-corrected chi connectivity index (χ1v) is 11.5. The molecule has 0 heterocycles. The summed E-state index contributed by atoms with van der Waals surface area (Å²) >= 11 is 0. The summed E-state index contributed by atoms with van der Waals surface area (Å²) in [7, 11) is -2.25. The summed E-state index contributed by atoms with van der Waals surface area (Å²) in [6, 6.07) is 0. The minimum Gasteiger partial charge on any atom is -0.336 e. The zero-order valence-electron chi connectivity index (χ0n) is 10.5. The molecule has 0 bridgehead atoms. The minimum absolute atomic E-state index is 0. The molecule has 0 amide bonds. The third-order valence-electron chi connectivity index (χ3n) is 1.75. The maximum Gasteiger partial charge on any atom is 1.00 e. The van der Waals surface area contributed by atoms with Gasteiger partial charge in [-0.25, -0.2) is 5.70 Å². The summed E-state index contributed by atoms with van der Waals surface area (Å²) in [6.07, 6.45) is 0. The van der Waals surface area contributed by atoms with E-state index in [9.17, 15) is 0 Å². The van der Waals surface area contributed by atoms with Crippen molar-refractivity contribution in [3.8, 4) is 0 Å². The van der Waals surface area contributed by atoms with Gasteiger partial charge >= 0.3 is 18.9 Å². The molecule has 0 saturated carbocycles. The van der Waals surface area contributed by atoms with Gasteiger partial charge in [-0.3, -0.25) is 0 Å². The molecule has 0 rings (SSSR count).